The fourth-order valence-corrected chi connectivity index (χ4v) is 0.946. The summed E-state index contributed by atoms with van der Waals surface area (Å²) in [5.74, 6) is -0.919. The minimum atomic E-state index is -0.919. The summed E-state index contributed by atoms with van der Waals surface area (Å²) in [7, 11) is 0. The lowest BCUT2D eigenvalue weighted by Crippen LogP contribution is -2.03. The van der Waals surface area contributed by atoms with E-state index in [0.717, 1.165) is 0 Å². The quantitative estimate of drug-likeness (QED) is 0.590. The van der Waals surface area contributed by atoms with E-state index in [1.54, 1.807) is 24.3 Å². The summed E-state index contributed by atoms with van der Waals surface area (Å²) in [5.41, 5.74) is 2.93. The van der Waals surface area contributed by atoms with Gasteiger partial charge in [0.25, 0.3) is 0 Å². The number of carboxylic acids is 1. The zero-order valence-electron chi connectivity index (χ0n) is 6.32. The first-order valence-corrected chi connectivity index (χ1v) is 3.44. The highest BCUT2D eigenvalue weighted by Crippen LogP contribution is 2.14. The van der Waals surface area contributed by atoms with Crippen LogP contribution in [0.1, 0.15) is 5.56 Å². The van der Waals surface area contributed by atoms with Crippen molar-refractivity contribution in [3.05, 3.63) is 29.8 Å². The molecule has 0 saturated carbocycles. The molecule has 0 fully saturated rings. The first kappa shape index (κ1) is 8.55. The van der Waals surface area contributed by atoms with Crippen molar-refractivity contribution in [3.63, 3.8) is 0 Å². The minimum absolute atomic E-state index is 0.0935. The van der Waals surface area contributed by atoms with Gasteiger partial charge in [-0.05, 0) is 11.6 Å². The molecule has 1 aromatic carbocycles. The van der Waals surface area contributed by atoms with Crippen LogP contribution in [0.25, 0.3) is 0 Å². The number of carboxylic acid groups (broad SMARTS) is 1. The maximum Gasteiger partial charge on any atom is 0.307 e. The van der Waals surface area contributed by atoms with Crippen LogP contribution in [0.15, 0.2) is 24.3 Å². The molecule has 0 radical (unpaired) electrons. The highest BCUT2D eigenvalue weighted by atomic mass is 16.5. The Morgan fingerprint density at radius 2 is 2.08 bits per heavy atom. The Hall–Kier alpha value is -1.55. The van der Waals surface area contributed by atoms with Crippen LogP contribution in [0.5, 0.6) is 0 Å². The van der Waals surface area contributed by atoms with E-state index in [2.05, 4.69) is 0 Å². The normalized spacial score (nSPS) is 9.42. The molecule has 3 N–H and O–H groups in total. The van der Waals surface area contributed by atoms with Gasteiger partial charge in [-0.2, -0.15) is 0 Å². The third-order valence-corrected chi connectivity index (χ3v) is 1.48. The summed E-state index contributed by atoms with van der Waals surface area (Å²) in [5, 5.41) is 17.1. The number of rotatable bonds is 3. The van der Waals surface area contributed by atoms with Crippen LogP contribution in [0.4, 0.5) is 5.69 Å². The van der Waals surface area contributed by atoms with Crippen molar-refractivity contribution in [2.45, 2.75) is 6.42 Å². The van der Waals surface area contributed by atoms with Gasteiger partial charge in [0.05, 0.1) is 12.1 Å². The molecule has 0 aliphatic heterocycles. The van der Waals surface area contributed by atoms with Crippen LogP contribution in [0.2, 0.25) is 0 Å². The number of hydrogen-bond acceptors (Lipinski definition) is 3. The molecule has 0 atom stereocenters. The molecule has 0 saturated heterocycles. The van der Waals surface area contributed by atoms with E-state index in [1.165, 1.54) is 0 Å². The third-order valence-electron chi connectivity index (χ3n) is 1.48. The number of hydrogen-bond donors (Lipinski definition) is 3. The number of para-hydroxylation sites is 1. The highest BCUT2D eigenvalue weighted by Gasteiger charge is 2.04. The van der Waals surface area contributed by atoms with E-state index < -0.39 is 5.97 Å². The van der Waals surface area contributed by atoms with E-state index in [0.29, 0.717) is 11.3 Å². The number of aliphatic carboxylic acids is 1. The second-order valence-corrected chi connectivity index (χ2v) is 2.34. The predicted octanol–water partition coefficient (Wildman–Crippen LogP) is 1.11. The molecule has 1 aromatic rings. The van der Waals surface area contributed by atoms with Crippen molar-refractivity contribution >= 4 is 11.7 Å². The van der Waals surface area contributed by atoms with Crippen molar-refractivity contribution in [2.75, 3.05) is 5.48 Å². The summed E-state index contributed by atoms with van der Waals surface area (Å²) >= 11 is 0. The molecule has 0 heterocycles. The van der Waals surface area contributed by atoms with Gasteiger partial charge in [0.2, 0.25) is 0 Å². The molecule has 0 aromatic heterocycles. The smallest absolute Gasteiger partial charge is 0.307 e. The summed E-state index contributed by atoms with van der Waals surface area (Å²) in [4.78, 5) is 10.3. The number of carbonyl (C=O) groups is 1. The first-order chi connectivity index (χ1) is 5.74. The molecule has 64 valence electrons. The Morgan fingerprint density at radius 1 is 1.42 bits per heavy atom. The van der Waals surface area contributed by atoms with Crippen molar-refractivity contribution < 1.29 is 15.1 Å². The lowest BCUT2D eigenvalue weighted by Gasteiger charge is -2.04. The van der Waals surface area contributed by atoms with Crippen molar-refractivity contribution in [1.82, 2.24) is 0 Å². The molecule has 1 rings (SSSR count). The number of anilines is 1. The topological polar surface area (TPSA) is 69.6 Å². The average Bonchev–Trinajstić information content (AvgIpc) is 2.04. The predicted molar refractivity (Wildman–Crippen MR) is 43.2 cm³/mol. The minimum Gasteiger partial charge on any atom is -0.481 e. The molecule has 4 heteroatoms. The Bertz CT molecular complexity index is 285. The summed E-state index contributed by atoms with van der Waals surface area (Å²) in [6, 6.07) is 6.69. The summed E-state index contributed by atoms with van der Waals surface area (Å²) < 4.78 is 0. The SMILES string of the molecule is O=C(O)Cc1ccccc1NO. The van der Waals surface area contributed by atoms with Gasteiger partial charge >= 0.3 is 5.97 Å². The van der Waals surface area contributed by atoms with Gasteiger partial charge in [-0.1, -0.05) is 18.2 Å². The van der Waals surface area contributed by atoms with E-state index >= 15 is 0 Å². The zero-order chi connectivity index (χ0) is 8.97. The molecule has 12 heavy (non-hydrogen) atoms. The van der Waals surface area contributed by atoms with E-state index in [4.69, 9.17) is 10.3 Å². The number of benzene rings is 1. The van der Waals surface area contributed by atoms with Crippen LogP contribution in [0, 0.1) is 0 Å². The number of nitrogens with one attached hydrogen (secondary N) is 1. The van der Waals surface area contributed by atoms with Gasteiger partial charge in [-0.3, -0.25) is 15.5 Å². The van der Waals surface area contributed by atoms with Crippen LogP contribution >= 0.6 is 0 Å². The second kappa shape index (κ2) is 3.73. The van der Waals surface area contributed by atoms with E-state index in [-0.39, 0.29) is 6.42 Å². The highest BCUT2D eigenvalue weighted by molar-refractivity contribution is 5.73. The van der Waals surface area contributed by atoms with Crippen LogP contribution in [-0.4, -0.2) is 16.3 Å². The maximum absolute atomic E-state index is 10.3. The zero-order valence-corrected chi connectivity index (χ0v) is 6.32. The molecule has 0 amide bonds. The summed E-state index contributed by atoms with van der Waals surface area (Å²) in [6.45, 7) is 0. The van der Waals surface area contributed by atoms with Crippen molar-refractivity contribution in [3.8, 4) is 0 Å². The Kier molecular flexibility index (Phi) is 2.66. The Balaban J connectivity index is 2.89. The van der Waals surface area contributed by atoms with E-state index in [9.17, 15) is 4.79 Å². The van der Waals surface area contributed by atoms with Gasteiger partial charge in [0.1, 0.15) is 0 Å². The van der Waals surface area contributed by atoms with Crippen LogP contribution in [-0.2, 0) is 11.2 Å². The fraction of sp³-hybridized carbons (Fsp3) is 0.125. The maximum atomic E-state index is 10.3. The van der Waals surface area contributed by atoms with Gasteiger partial charge in [-0.25, -0.2) is 0 Å². The molecule has 0 bridgehead atoms. The second-order valence-electron chi connectivity index (χ2n) is 2.34. The van der Waals surface area contributed by atoms with E-state index in [1.807, 2.05) is 5.48 Å². The average molecular weight is 167 g/mol. The Labute approximate surface area is 69.4 Å². The van der Waals surface area contributed by atoms with Crippen molar-refractivity contribution in [2.24, 2.45) is 0 Å². The molecule has 4 nitrogen and oxygen atoms in total. The lowest BCUT2D eigenvalue weighted by molar-refractivity contribution is -0.136. The molecule has 0 unspecified atom stereocenters. The lowest BCUT2D eigenvalue weighted by atomic mass is 10.1. The monoisotopic (exact) mass is 167 g/mol. The standard InChI is InChI=1S/C8H9NO3/c10-8(11)5-6-3-1-2-4-7(6)9-12/h1-4,9,12H,5H2,(H,10,11). The summed E-state index contributed by atoms with van der Waals surface area (Å²) in [6.07, 6.45) is -0.0935. The van der Waals surface area contributed by atoms with Gasteiger partial charge in [0.15, 0.2) is 0 Å². The molecular formula is C8H9NO3. The van der Waals surface area contributed by atoms with Gasteiger partial charge in [-0.15, -0.1) is 0 Å². The molecule has 0 aliphatic carbocycles. The van der Waals surface area contributed by atoms with Gasteiger partial charge < -0.3 is 5.11 Å². The molecular weight excluding hydrogens is 158 g/mol. The molecule has 0 spiro atoms. The van der Waals surface area contributed by atoms with Gasteiger partial charge in [0, 0.05) is 0 Å². The Morgan fingerprint density at radius 3 is 2.67 bits per heavy atom. The van der Waals surface area contributed by atoms with Crippen molar-refractivity contribution in [1.29, 1.82) is 0 Å². The molecule has 0 aliphatic rings. The largest absolute Gasteiger partial charge is 0.481 e. The fourth-order valence-electron chi connectivity index (χ4n) is 0.946. The van der Waals surface area contributed by atoms with Crippen LogP contribution in [0.3, 0.4) is 0 Å². The third kappa shape index (κ3) is 1.96. The first-order valence-electron chi connectivity index (χ1n) is 3.44. The van der Waals surface area contributed by atoms with Crippen LogP contribution < -0.4 is 5.48 Å².